The van der Waals surface area contributed by atoms with Gasteiger partial charge in [-0.2, -0.15) is 0 Å². The Bertz CT molecular complexity index is 904. The number of non-ortho nitro benzene ring substituents is 1. The third-order valence-electron chi connectivity index (χ3n) is 3.87. The zero-order valence-corrected chi connectivity index (χ0v) is 12.4. The minimum absolute atomic E-state index is 0.0571. The summed E-state index contributed by atoms with van der Waals surface area (Å²) in [6, 6.07) is 9.68. The van der Waals surface area contributed by atoms with Crippen LogP contribution in [0.5, 0.6) is 11.5 Å². The molecule has 120 valence electrons. The van der Waals surface area contributed by atoms with Gasteiger partial charge in [0.2, 0.25) is 0 Å². The molecule has 0 saturated heterocycles. The molecule has 0 radical (unpaired) electrons. The molecule has 2 aliphatic rings. The second-order valence-corrected chi connectivity index (χ2v) is 5.40. The summed E-state index contributed by atoms with van der Waals surface area (Å²) in [6.07, 6.45) is 1.68. The van der Waals surface area contributed by atoms with Crippen LogP contribution < -0.4 is 14.8 Å². The Balaban J connectivity index is 1.77. The van der Waals surface area contributed by atoms with E-state index in [1.165, 1.54) is 18.2 Å². The van der Waals surface area contributed by atoms with Gasteiger partial charge >= 0.3 is 0 Å². The van der Waals surface area contributed by atoms with Crippen molar-refractivity contribution in [3.8, 4) is 11.5 Å². The second kappa shape index (κ2) is 5.38. The molecule has 4 rings (SSSR count). The van der Waals surface area contributed by atoms with E-state index in [1.807, 2.05) is 6.07 Å². The Morgan fingerprint density at radius 3 is 2.67 bits per heavy atom. The number of carbonyl (C=O) groups is 1. The molecular weight excluding hydrogens is 312 g/mol. The highest BCUT2D eigenvalue weighted by Gasteiger charge is 2.26. The number of nitrogens with zero attached hydrogens (tertiary/aromatic N) is 1. The topological polar surface area (TPSA) is 90.7 Å². The number of hydrogen-bond acceptors (Lipinski definition) is 5. The van der Waals surface area contributed by atoms with Gasteiger partial charge in [0.1, 0.15) is 13.2 Å². The van der Waals surface area contributed by atoms with E-state index >= 15 is 0 Å². The predicted octanol–water partition coefficient (Wildman–Crippen LogP) is 2.86. The van der Waals surface area contributed by atoms with Crippen LogP contribution in [0.25, 0.3) is 11.6 Å². The van der Waals surface area contributed by atoms with Crippen molar-refractivity contribution in [3.05, 3.63) is 57.6 Å². The molecule has 0 spiro atoms. The first kappa shape index (κ1) is 14.3. The van der Waals surface area contributed by atoms with Crippen LogP contribution in [0.1, 0.15) is 11.1 Å². The minimum Gasteiger partial charge on any atom is -0.486 e. The predicted molar refractivity (Wildman–Crippen MR) is 87.0 cm³/mol. The molecule has 2 heterocycles. The van der Waals surface area contributed by atoms with Crippen LogP contribution in [0.15, 0.2) is 36.4 Å². The molecule has 0 unspecified atom stereocenters. The van der Waals surface area contributed by atoms with Crippen molar-refractivity contribution in [2.24, 2.45) is 0 Å². The van der Waals surface area contributed by atoms with Gasteiger partial charge in [0.25, 0.3) is 11.6 Å². The van der Waals surface area contributed by atoms with Crippen molar-refractivity contribution >= 4 is 28.9 Å². The maximum Gasteiger partial charge on any atom is 0.270 e. The molecule has 0 bridgehead atoms. The zero-order valence-electron chi connectivity index (χ0n) is 12.4. The summed E-state index contributed by atoms with van der Waals surface area (Å²) >= 11 is 0. The summed E-state index contributed by atoms with van der Waals surface area (Å²) in [7, 11) is 0. The van der Waals surface area contributed by atoms with E-state index < -0.39 is 4.92 Å². The Hall–Kier alpha value is -3.35. The minimum atomic E-state index is -0.481. The van der Waals surface area contributed by atoms with Crippen LogP contribution in [-0.2, 0) is 4.79 Å². The third-order valence-corrected chi connectivity index (χ3v) is 3.87. The molecule has 24 heavy (non-hydrogen) atoms. The van der Waals surface area contributed by atoms with Crippen LogP contribution >= 0.6 is 0 Å². The number of nitro benzene ring substituents is 1. The Kier molecular flexibility index (Phi) is 3.19. The molecule has 0 saturated carbocycles. The summed E-state index contributed by atoms with van der Waals surface area (Å²) in [6.45, 7) is 0.982. The van der Waals surface area contributed by atoms with Crippen LogP contribution in [0, 0.1) is 10.1 Å². The Morgan fingerprint density at radius 2 is 1.88 bits per heavy atom. The number of benzene rings is 2. The highest BCUT2D eigenvalue weighted by atomic mass is 16.6. The van der Waals surface area contributed by atoms with E-state index in [0.717, 1.165) is 5.56 Å². The molecule has 7 heteroatoms. The highest BCUT2D eigenvalue weighted by Crippen LogP contribution is 2.37. The van der Waals surface area contributed by atoms with Crippen molar-refractivity contribution in [1.29, 1.82) is 0 Å². The van der Waals surface area contributed by atoms with Crippen molar-refractivity contribution in [2.75, 3.05) is 18.5 Å². The Morgan fingerprint density at radius 1 is 1.08 bits per heavy atom. The monoisotopic (exact) mass is 324 g/mol. The SMILES string of the molecule is O=C1Nc2ccc([N+](=O)[O-])cc2/C1=C\c1ccc2c(c1)OCCO2. The summed E-state index contributed by atoms with van der Waals surface area (Å²) in [5.74, 6) is 0.990. The number of fused-ring (bicyclic) bond motifs is 2. The number of hydrogen-bond donors (Lipinski definition) is 1. The van der Waals surface area contributed by atoms with E-state index in [4.69, 9.17) is 9.47 Å². The van der Waals surface area contributed by atoms with Gasteiger partial charge in [-0.15, -0.1) is 0 Å². The molecule has 2 aromatic carbocycles. The molecule has 2 aliphatic heterocycles. The van der Waals surface area contributed by atoms with Gasteiger partial charge in [-0.25, -0.2) is 0 Å². The average Bonchev–Trinajstić information content (AvgIpc) is 2.89. The molecule has 1 N–H and O–H groups in total. The normalized spacial score (nSPS) is 16.7. The Labute approximate surface area is 136 Å². The van der Waals surface area contributed by atoms with Gasteiger partial charge in [-0.05, 0) is 29.8 Å². The summed E-state index contributed by atoms with van der Waals surface area (Å²) in [5, 5.41) is 13.7. The van der Waals surface area contributed by atoms with E-state index in [1.54, 1.807) is 18.2 Å². The lowest BCUT2D eigenvalue weighted by atomic mass is 10.0. The summed E-state index contributed by atoms with van der Waals surface area (Å²) in [4.78, 5) is 22.7. The lowest BCUT2D eigenvalue weighted by molar-refractivity contribution is -0.384. The fraction of sp³-hybridized carbons (Fsp3) is 0.118. The number of nitrogens with one attached hydrogen (secondary N) is 1. The number of nitro groups is 1. The quantitative estimate of drug-likeness (QED) is 0.521. The van der Waals surface area contributed by atoms with Gasteiger partial charge in [-0.1, -0.05) is 6.07 Å². The van der Waals surface area contributed by atoms with E-state index in [2.05, 4.69) is 5.32 Å². The number of amides is 1. The van der Waals surface area contributed by atoms with Gasteiger partial charge in [0.15, 0.2) is 11.5 Å². The van der Waals surface area contributed by atoms with E-state index in [-0.39, 0.29) is 11.6 Å². The molecule has 0 fully saturated rings. The van der Waals surface area contributed by atoms with Crippen molar-refractivity contribution < 1.29 is 19.2 Å². The van der Waals surface area contributed by atoms with Crippen molar-refractivity contribution in [1.82, 2.24) is 0 Å². The number of rotatable bonds is 2. The van der Waals surface area contributed by atoms with Crippen LogP contribution in [-0.4, -0.2) is 24.0 Å². The van der Waals surface area contributed by atoms with E-state index in [0.29, 0.717) is 41.5 Å². The molecule has 7 nitrogen and oxygen atoms in total. The molecule has 2 aromatic rings. The molecule has 0 aromatic heterocycles. The van der Waals surface area contributed by atoms with E-state index in [9.17, 15) is 14.9 Å². The van der Waals surface area contributed by atoms with Crippen molar-refractivity contribution in [2.45, 2.75) is 0 Å². The van der Waals surface area contributed by atoms with Gasteiger partial charge in [0, 0.05) is 29.0 Å². The van der Waals surface area contributed by atoms with Gasteiger partial charge < -0.3 is 14.8 Å². The number of anilines is 1. The standard InChI is InChI=1S/C17H12N2O5/c20-17-13(12-9-11(19(21)22)2-3-14(12)18-17)7-10-1-4-15-16(8-10)24-6-5-23-15/h1-4,7-9H,5-6H2,(H,18,20)/b13-7+. The number of ether oxygens (including phenoxy) is 2. The lowest BCUT2D eigenvalue weighted by Crippen LogP contribution is -2.15. The third kappa shape index (κ3) is 2.36. The first-order valence-corrected chi connectivity index (χ1v) is 7.33. The van der Waals surface area contributed by atoms with Crippen LogP contribution in [0.2, 0.25) is 0 Å². The lowest BCUT2D eigenvalue weighted by Gasteiger charge is -2.18. The van der Waals surface area contributed by atoms with Crippen LogP contribution in [0.4, 0.5) is 11.4 Å². The smallest absolute Gasteiger partial charge is 0.270 e. The first-order chi connectivity index (χ1) is 11.6. The summed E-state index contributed by atoms with van der Waals surface area (Å²) in [5.41, 5.74) is 2.16. The fourth-order valence-electron chi connectivity index (χ4n) is 2.75. The number of carbonyl (C=O) groups excluding carboxylic acids is 1. The molecule has 0 aliphatic carbocycles. The maximum atomic E-state index is 12.2. The van der Waals surface area contributed by atoms with Crippen LogP contribution in [0.3, 0.4) is 0 Å². The molecule has 1 amide bonds. The zero-order chi connectivity index (χ0) is 16.7. The maximum absolute atomic E-state index is 12.2. The average molecular weight is 324 g/mol. The molecule has 0 atom stereocenters. The second-order valence-electron chi connectivity index (χ2n) is 5.40. The first-order valence-electron chi connectivity index (χ1n) is 7.33. The van der Waals surface area contributed by atoms with Crippen molar-refractivity contribution in [3.63, 3.8) is 0 Å². The fourth-order valence-corrected chi connectivity index (χ4v) is 2.75. The highest BCUT2D eigenvalue weighted by molar-refractivity contribution is 6.35. The van der Waals surface area contributed by atoms with Gasteiger partial charge in [-0.3, -0.25) is 14.9 Å². The molecular formula is C17H12N2O5. The summed E-state index contributed by atoms with van der Waals surface area (Å²) < 4.78 is 11.0. The van der Waals surface area contributed by atoms with Gasteiger partial charge in [0.05, 0.1) is 4.92 Å². The largest absolute Gasteiger partial charge is 0.486 e.